The summed E-state index contributed by atoms with van der Waals surface area (Å²) in [6.45, 7) is 1.80. The van der Waals surface area contributed by atoms with Gasteiger partial charge in [-0.05, 0) is 12.1 Å². The lowest BCUT2D eigenvalue weighted by Crippen LogP contribution is -2.77. The summed E-state index contributed by atoms with van der Waals surface area (Å²) < 4.78 is 16.9. The number of non-ortho nitro benzene ring substituents is 1. The molecule has 2 bridgehead atoms. The highest BCUT2D eigenvalue weighted by atomic mass is 16.8. The molecule has 2 N–H and O–H groups in total. The monoisotopic (exact) mass is 347 g/mol. The molecule has 3 aliphatic rings. The molecule has 25 heavy (non-hydrogen) atoms. The number of fused-ring (bicyclic) bond motifs is 3. The summed E-state index contributed by atoms with van der Waals surface area (Å²) in [5.41, 5.74) is -0.0281. The highest BCUT2D eigenvalue weighted by Gasteiger charge is 2.65. The molecule has 2 aromatic rings. The van der Waals surface area contributed by atoms with Gasteiger partial charge in [-0.3, -0.25) is 10.1 Å². The molecule has 2 unspecified atom stereocenters. The maximum atomic E-state index is 11.2. The van der Waals surface area contributed by atoms with Crippen molar-refractivity contribution in [3.8, 4) is 5.75 Å². The predicted molar refractivity (Wildman–Crippen MR) is 86.0 cm³/mol. The van der Waals surface area contributed by atoms with E-state index in [1.807, 2.05) is 0 Å². The van der Waals surface area contributed by atoms with Crippen LogP contribution in [0.15, 0.2) is 36.4 Å². The second-order valence-electron chi connectivity index (χ2n) is 6.17. The fourth-order valence-electron chi connectivity index (χ4n) is 3.43. The zero-order chi connectivity index (χ0) is 17.8. The predicted octanol–water partition coefficient (Wildman–Crippen LogP) is 1.71. The van der Waals surface area contributed by atoms with E-state index >= 15 is 0 Å². The van der Waals surface area contributed by atoms with Gasteiger partial charge in [-0.25, -0.2) is 0 Å². The summed E-state index contributed by atoms with van der Waals surface area (Å²) in [5, 5.41) is 32.5. The molecule has 8 heteroatoms. The molecule has 3 aliphatic heterocycles. The highest BCUT2D eigenvalue weighted by molar-refractivity contribution is 5.95. The van der Waals surface area contributed by atoms with E-state index in [2.05, 4.69) is 0 Å². The van der Waals surface area contributed by atoms with Gasteiger partial charge in [-0.2, -0.15) is 0 Å². The third-order valence-corrected chi connectivity index (χ3v) is 4.82. The van der Waals surface area contributed by atoms with Gasteiger partial charge in [-0.15, -0.1) is 0 Å². The van der Waals surface area contributed by atoms with Crippen molar-refractivity contribution in [3.05, 3.63) is 46.5 Å². The van der Waals surface area contributed by atoms with Gasteiger partial charge in [0.15, 0.2) is 0 Å². The smallest absolute Gasteiger partial charge is 0.277 e. The van der Waals surface area contributed by atoms with Crippen LogP contribution >= 0.6 is 0 Å². The minimum absolute atomic E-state index is 0.0281. The molecule has 0 aliphatic carbocycles. The van der Waals surface area contributed by atoms with Crippen molar-refractivity contribution in [2.24, 2.45) is 0 Å². The van der Waals surface area contributed by atoms with E-state index in [4.69, 9.17) is 14.2 Å². The molecule has 5 rings (SSSR count). The van der Waals surface area contributed by atoms with E-state index in [1.165, 1.54) is 12.1 Å². The van der Waals surface area contributed by atoms with Crippen LogP contribution in [0.4, 0.5) is 5.69 Å². The lowest BCUT2D eigenvalue weighted by molar-refractivity contribution is -0.488. The quantitative estimate of drug-likeness (QED) is 0.640. The summed E-state index contributed by atoms with van der Waals surface area (Å²) in [5.74, 6) is -0.821. The summed E-state index contributed by atoms with van der Waals surface area (Å²) >= 11 is 0. The van der Waals surface area contributed by atoms with Crippen molar-refractivity contribution in [3.63, 3.8) is 0 Å². The van der Waals surface area contributed by atoms with Crippen molar-refractivity contribution in [2.45, 2.75) is 43.7 Å². The van der Waals surface area contributed by atoms with E-state index in [9.17, 15) is 20.3 Å². The molecule has 2 aromatic carbocycles. The first kappa shape index (κ1) is 16.2. The van der Waals surface area contributed by atoms with Crippen molar-refractivity contribution < 1.29 is 29.3 Å². The Morgan fingerprint density at radius 3 is 2.56 bits per heavy atom. The minimum Gasteiger partial charge on any atom is -0.461 e. The number of aliphatic hydroxyl groups is 2. The van der Waals surface area contributed by atoms with Gasteiger partial charge in [0.1, 0.15) is 24.1 Å². The van der Waals surface area contributed by atoms with E-state index < -0.39 is 35.3 Å². The van der Waals surface area contributed by atoms with Gasteiger partial charge in [-0.1, -0.05) is 25.1 Å². The third kappa shape index (κ3) is 2.30. The first-order valence-corrected chi connectivity index (χ1v) is 8.01. The molecule has 3 saturated heterocycles. The molecule has 0 radical (unpaired) electrons. The summed E-state index contributed by atoms with van der Waals surface area (Å²) in [6, 6.07) is 9.62. The Morgan fingerprint density at radius 1 is 1.20 bits per heavy atom. The van der Waals surface area contributed by atoms with Crippen molar-refractivity contribution in [1.29, 1.82) is 0 Å². The lowest BCUT2D eigenvalue weighted by Gasteiger charge is -2.58. The Morgan fingerprint density at radius 2 is 1.92 bits per heavy atom. The number of ether oxygens (including phenoxy) is 3. The molecular formula is C17H17NO7. The number of benzene rings is 2. The first-order chi connectivity index (χ1) is 12.0. The van der Waals surface area contributed by atoms with Gasteiger partial charge >= 0.3 is 0 Å². The van der Waals surface area contributed by atoms with Crippen LogP contribution in [0.25, 0.3) is 10.8 Å². The van der Waals surface area contributed by atoms with E-state index in [0.717, 1.165) is 0 Å². The fraction of sp³-hybridized carbons (Fsp3) is 0.412. The van der Waals surface area contributed by atoms with Crippen LogP contribution < -0.4 is 4.74 Å². The molecule has 132 valence electrons. The highest BCUT2D eigenvalue weighted by Crippen LogP contribution is 2.46. The second kappa shape index (κ2) is 5.63. The molecule has 0 amide bonds. The molecule has 5 atom stereocenters. The Labute approximate surface area is 142 Å². The number of nitrogens with zero attached hydrogens (tertiary/aromatic N) is 1. The number of nitro groups is 1. The Hall–Kier alpha value is -2.26. The van der Waals surface area contributed by atoms with Gasteiger partial charge < -0.3 is 24.4 Å². The normalized spacial score (nSPS) is 33.7. The van der Waals surface area contributed by atoms with Gasteiger partial charge in [0.25, 0.3) is 5.69 Å². The van der Waals surface area contributed by atoms with Gasteiger partial charge in [0.2, 0.25) is 12.1 Å². The number of hydrogen-bond donors (Lipinski definition) is 2. The van der Waals surface area contributed by atoms with Crippen LogP contribution in [0.5, 0.6) is 5.75 Å². The molecule has 0 aromatic heterocycles. The SMILES string of the molecule is CCC12OC([C@H]1O)[C@H](O)[C@H](Oc1ccc([N+](=O)[O-])c3ccccc13)O2. The van der Waals surface area contributed by atoms with Crippen molar-refractivity contribution in [1.82, 2.24) is 0 Å². The molecule has 0 spiro atoms. The summed E-state index contributed by atoms with van der Waals surface area (Å²) in [4.78, 5) is 10.7. The average Bonchev–Trinajstić information content (AvgIpc) is 2.62. The van der Waals surface area contributed by atoms with Gasteiger partial charge in [0, 0.05) is 17.9 Å². The minimum atomic E-state index is -1.18. The second-order valence-corrected chi connectivity index (χ2v) is 6.17. The van der Waals surface area contributed by atoms with Crippen LogP contribution in [-0.4, -0.2) is 45.5 Å². The Kier molecular flexibility index (Phi) is 3.66. The standard InChI is InChI=1S/C17H17NO7/c1-2-17-15(20)14(24-17)13(19)16(25-17)23-12-8-7-11(18(21)22)9-5-3-4-6-10(9)12/h3-8,13-16,19-20H,2H2,1H3/t13-,14?,15+,16+,17?/m0/s1. The van der Waals surface area contributed by atoms with E-state index in [-0.39, 0.29) is 5.69 Å². The van der Waals surface area contributed by atoms with Gasteiger partial charge in [0.05, 0.1) is 10.3 Å². The molecule has 3 fully saturated rings. The number of aliphatic hydroxyl groups excluding tert-OH is 2. The zero-order valence-corrected chi connectivity index (χ0v) is 13.4. The first-order valence-electron chi connectivity index (χ1n) is 8.01. The zero-order valence-electron chi connectivity index (χ0n) is 13.4. The fourth-order valence-corrected chi connectivity index (χ4v) is 3.43. The van der Waals surface area contributed by atoms with E-state index in [0.29, 0.717) is 22.9 Å². The molecule has 3 heterocycles. The average molecular weight is 347 g/mol. The summed E-state index contributed by atoms with van der Waals surface area (Å²) in [7, 11) is 0. The Bertz CT molecular complexity index is 841. The van der Waals surface area contributed by atoms with Crippen LogP contribution in [0.3, 0.4) is 0 Å². The maximum Gasteiger partial charge on any atom is 0.277 e. The molecule has 8 nitrogen and oxygen atoms in total. The topological polar surface area (TPSA) is 111 Å². The largest absolute Gasteiger partial charge is 0.461 e. The van der Waals surface area contributed by atoms with Crippen molar-refractivity contribution >= 4 is 16.5 Å². The van der Waals surface area contributed by atoms with Crippen molar-refractivity contribution in [2.75, 3.05) is 0 Å². The summed E-state index contributed by atoms with van der Waals surface area (Å²) in [6.07, 6.45) is -3.49. The number of hydrogen-bond acceptors (Lipinski definition) is 7. The van der Waals surface area contributed by atoms with Crippen LogP contribution in [0, 0.1) is 10.1 Å². The molecule has 0 saturated carbocycles. The maximum absolute atomic E-state index is 11.2. The lowest BCUT2D eigenvalue weighted by atomic mass is 9.87. The van der Waals surface area contributed by atoms with E-state index in [1.54, 1.807) is 31.2 Å². The number of nitro benzene ring substituents is 1. The molecular weight excluding hydrogens is 330 g/mol. The van der Waals surface area contributed by atoms with Crippen LogP contribution in [-0.2, 0) is 9.47 Å². The third-order valence-electron chi connectivity index (χ3n) is 4.82. The number of rotatable bonds is 4. The van der Waals surface area contributed by atoms with Crippen LogP contribution in [0.1, 0.15) is 13.3 Å². The van der Waals surface area contributed by atoms with Crippen LogP contribution in [0.2, 0.25) is 0 Å². The Balaban J connectivity index is 1.68.